The Morgan fingerprint density at radius 3 is 2.38 bits per heavy atom. The Morgan fingerprint density at radius 1 is 1.29 bits per heavy atom. The maximum Gasteiger partial charge on any atom is 0.335 e. The summed E-state index contributed by atoms with van der Waals surface area (Å²) >= 11 is 0. The number of nitrogens with zero attached hydrogens (tertiary/aromatic N) is 1. The van der Waals surface area contributed by atoms with Crippen molar-refractivity contribution < 1.29 is 9.90 Å². The molecule has 1 N–H and O–H groups in total. The van der Waals surface area contributed by atoms with Crippen molar-refractivity contribution in [2.75, 3.05) is 13.1 Å². The van der Waals surface area contributed by atoms with E-state index in [0.717, 1.165) is 31.1 Å². The molecule has 1 aliphatic rings. The van der Waals surface area contributed by atoms with Gasteiger partial charge in [-0.3, -0.25) is 4.90 Å². The van der Waals surface area contributed by atoms with Crippen LogP contribution in [0, 0.1) is 18.3 Å². The number of carbonyl (C=O) groups is 1. The lowest BCUT2D eigenvalue weighted by Crippen LogP contribution is -2.37. The molecule has 2 rings (SSSR count). The first-order chi connectivity index (χ1) is 9.77. The van der Waals surface area contributed by atoms with Crippen LogP contribution in [-0.4, -0.2) is 29.1 Å². The zero-order valence-corrected chi connectivity index (χ0v) is 13.6. The van der Waals surface area contributed by atoms with E-state index >= 15 is 0 Å². The smallest absolute Gasteiger partial charge is 0.335 e. The van der Waals surface area contributed by atoms with E-state index in [9.17, 15) is 4.79 Å². The lowest BCUT2D eigenvalue weighted by Gasteiger charge is -2.39. The number of piperidine rings is 1. The van der Waals surface area contributed by atoms with Crippen LogP contribution in [0.1, 0.15) is 55.1 Å². The number of hydrogen-bond donors (Lipinski definition) is 1. The molecule has 0 atom stereocenters. The molecule has 3 nitrogen and oxygen atoms in total. The predicted octanol–water partition coefficient (Wildman–Crippen LogP) is 3.95. The third-order valence-corrected chi connectivity index (χ3v) is 4.80. The number of carboxylic acid groups (broad SMARTS) is 1. The monoisotopic (exact) mass is 289 g/mol. The van der Waals surface area contributed by atoms with Crippen LogP contribution in [0.5, 0.6) is 0 Å². The van der Waals surface area contributed by atoms with Gasteiger partial charge in [0.05, 0.1) is 5.56 Å². The van der Waals surface area contributed by atoms with Gasteiger partial charge in [0, 0.05) is 6.54 Å². The average molecular weight is 289 g/mol. The van der Waals surface area contributed by atoms with E-state index in [1.54, 1.807) is 12.1 Å². The van der Waals surface area contributed by atoms with Crippen LogP contribution in [0.15, 0.2) is 18.2 Å². The van der Waals surface area contributed by atoms with E-state index in [-0.39, 0.29) is 0 Å². The molecule has 0 aliphatic carbocycles. The summed E-state index contributed by atoms with van der Waals surface area (Å²) in [5, 5.41) is 9.02. The number of aryl methyl sites for hydroxylation is 1. The Kier molecular flexibility index (Phi) is 4.72. The molecule has 0 unspecified atom stereocenters. The van der Waals surface area contributed by atoms with Crippen molar-refractivity contribution >= 4 is 5.97 Å². The summed E-state index contributed by atoms with van der Waals surface area (Å²) in [5.41, 5.74) is 3.11. The second-order valence-electron chi connectivity index (χ2n) is 7.36. The van der Waals surface area contributed by atoms with E-state index in [1.807, 2.05) is 13.0 Å². The number of benzene rings is 1. The summed E-state index contributed by atoms with van der Waals surface area (Å²) in [6.07, 6.45) is 2.52. The molecule has 0 aromatic heterocycles. The minimum atomic E-state index is -0.851. The predicted molar refractivity (Wildman–Crippen MR) is 85.6 cm³/mol. The summed E-state index contributed by atoms with van der Waals surface area (Å²) in [6.45, 7) is 12.2. The fraction of sp³-hybridized carbons (Fsp3) is 0.611. The average Bonchev–Trinajstić information content (AvgIpc) is 2.40. The number of rotatable bonds is 3. The standard InChI is InChI=1S/C18H27NO2/c1-13-11-14(17(20)21)5-6-15(13)12-19-9-7-16(8-10-19)18(2,3)4/h5-6,11,16H,7-10,12H2,1-4H3,(H,20,21). The van der Waals surface area contributed by atoms with Crippen LogP contribution in [0.3, 0.4) is 0 Å². The first kappa shape index (κ1) is 16.0. The number of likely N-dealkylation sites (tertiary alicyclic amines) is 1. The molecular weight excluding hydrogens is 262 g/mol. The van der Waals surface area contributed by atoms with Gasteiger partial charge in [0.2, 0.25) is 0 Å². The largest absolute Gasteiger partial charge is 0.478 e. The summed E-state index contributed by atoms with van der Waals surface area (Å²) in [6, 6.07) is 5.46. The van der Waals surface area contributed by atoms with Crippen molar-refractivity contribution in [1.82, 2.24) is 4.90 Å². The zero-order chi connectivity index (χ0) is 15.6. The number of carboxylic acids is 1. The molecule has 116 valence electrons. The molecule has 1 aromatic carbocycles. The van der Waals surface area contributed by atoms with Gasteiger partial charge < -0.3 is 5.11 Å². The van der Waals surface area contributed by atoms with E-state index in [0.29, 0.717) is 11.0 Å². The Labute approximate surface area is 128 Å². The molecule has 1 saturated heterocycles. The Hall–Kier alpha value is -1.35. The van der Waals surface area contributed by atoms with Crippen LogP contribution in [0.25, 0.3) is 0 Å². The van der Waals surface area contributed by atoms with Crippen LogP contribution < -0.4 is 0 Å². The topological polar surface area (TPSA) is 40.5 Å². The highest BCUT2D eigenvalue weighted by molar-refractivity contribution is 5.87. The molecule has 1 fully saturated rings. The molecule has 0 saturated carbocycles. The third kappa shape index (κ3) is 4.07. The fourth-order valence-corrected chi connectivity index (χ4v) is 3.20. The fourth-order valence-electron chi connectivity index (χ4n) is 3.20. The molecule has 1 heterocycles. The van der Waals surface area contributed by atoms with Crippen molar-refractivity contribution in [2.45, 2.75) is 47.1 Å². The third-order valence-electron chi connectivity index (χ3n) is 4.80. The highest BCUT2D eigenvalue weighted by atomic mass is 16.4. The second kappa shape index (κ2) is 6.18. The minimum Gasteiger partial charge on any atom is -0.478 e. The Balaban J connectivity index is 1.96. The lowest BCUT2D eigenvalue weighted by atomic mass is 9.75. The first-order valence-electron chi connectivity index (χ1n) is 7.82. The highest BCUT2D eigenvalue weighted by Gasteiger charge is 2.28. The Morgan fingerprint density at radius 2 is 1.90 bits per heavy atom. The van der Waals surface area contributed by atoms with Crippen LogP contribution in [0.2, 0.25) is 0 Å². The van der Waals surface area contributed by atoms with Crippen molar-refractivity contribution in [3.8, 4) is 0 Å². The van der Waals surface area contributed by atoms with E-state index in [4.69, 9.17) is 5.11 Å². The van der Waals surface area contributed by atoms with Crippen LogP contribution in [-0.2, 0) is 6.54 Å². The quantitative estimate of drug-likeness (QED) is 0.916. The molecule has 0 bridgehead atoms. The molecule has 0 radical (unpaired) electrons. The molecule has 1 aliphatic heterocycles. The summed E-state index contributed by atoms with van der Waals surface area (Å²) in [5.74, 6) is -0.0418. The molecule has 1 aromatic rings. The van der Waals surface area contributed by atoms with E-state index in [2.05, 4.69) is 25.7 Å². The Bertz CT molecular complexity index is 508. The first-order valence-corrected chi connectivity index (χ1v) is 7.82. The van der Waals surface area contributed by atoms with Gasteiger partial charge in [-0.25, -0.2) is 4.79 Å². The van der Waals surface area contributed by atoms with Gasteiger partial charge in [0.15, 0.2) is 0 Å². The summed E-state index contributed by atoms with van der Waals surface area (Å²) < 4.78 is 0. The molecular formula is C18H27NO2. The van der Waals surface area contributed by atoms with Gasteiger partial charge in [-0.1, -0.05) is 26.8 Å². The van der Waals surface area contributed by atoms with Crippen molar-refractivity contribution in [1.29, 1.82) is 0 Å². The molecule has 0 spiro atoms. The molecule has 21 heavy (non-hydrogen) atoms. The highest BCUT2D eigenvalue weighted by Crippen LogP contribution is 2.34. The molecule has 3 heteroatoms. The maximum atomic E-state index is 11.0. The van der Waals surface area contributed by atoms with Crippen molar-refractivity contribution in [3.05, 3.63) is 34.9 Å². The summed E-state index contributed by atoms with van der Waals surface area (Å²) in [7, 11) is 0. The van der Waals surface area contributed by atoms with Gasteiger partial charge in [0.1, 0.15) is 0 Å². The number of aromatic carboxylic acids is 1. The second-order valence-corrected chi connectivity index (χ2v) is 7.36. The maximum absolute atomic E-state index is 11.0. The van der Waals surface area contributed by atoms with Gasteiger partial charge in [-0.05, 0) is 67.4 Å². The minimum absolute atomic E-state index is 0.377. The van der Waals surface area contributed by atoms with Gasteiger partial charge >= 0.3 is 5.97 Å². The van der Waals surface area contributed by atoms with E-state index < -0.39 is 5.97 Å². The van der Waals surface area contributed by atoms with Crippen LogP contribution in [0.4, 0.5) is 0 Å². The zero-order valence-electron chi connectivity index (χ0n) is 13.6. The lowest BCUT2D eigenvalue weighted by molar-refractivity contribution is 0.0696. The van der Waals surface area contributed by atoms with Gasteiger partial charge in [-0.15, -0.1) is 0 Å². The SMILES string of the molecule is Cc1cc(C(=O)O)ccc1CN1CCC(C(C)(C)C)CC1. The van der Waals surface area contributed by atoms with Gasteiger partial charge in [-0.2, -0.15) is 0 Å². The van der Waals surface area contributed by atoms with Crippen molar-refractivity contribution in [2.24, 2.45) is 11.3 Å². The molecule has 0 amide bonds. The van der Waals surface area contributed by atoms with Crippen molar-refractivity contribution in [3.63, 3.8) is 0 Å². The summed E-state index contributed by atoms with van der Waals surface area (Å²) in [4.78, 5) is 13.5. The van der Waals surface area contributed by atoms with E-state index in [1.165, 1.54) is 18.4 Å². The van der Waals surface area contributed by atoms with Crippen LogP contribution >= 0.6 is 0 Å². The van der Waals surface area contributed by atoms with Gasteiger partial charge in [0.25, 0.3) is 0 Å². The normalized spacial score (nSPS) is 17.9. The number of hydrogen-bond acceptors (Lipinski definition) is 2.